The first-order chi connectivity index (χ1) is 2.00. The second-order valence-corrected chi connectivity index (χ2v) is 7.18. The van der Waals surface area contributed by atoms with Crippen LogP contribution in [0.2, 0.25) is 0 Å². The van der Waals surface area contributed by atoms with Gasteiger partial charge in [-0.1, -0.05) is 0 Å². The van der Waals surface area contributed by atoms with Gasteiger partial charge in [0.05, 0.1) is 0 Å². The standard InChI is InChI=1S/HO3P.H2O.Zn/c1-4(2)3;;/h(H-,1,2,3);1H2;/q;;-1/p+1. The molecule has 0 radical (unpaired) electrons. The second kappa shape index (κ2) is 2.83. The molecule has 0 saturated carbocycles. The van der Waals surface area contributed by atoms with Gasteiger partial charge in [0.15, 0.2) is 0 Å². The fourth-order valence-corrected chi connectivity index (χ4v) is 0. The average molecular weight is 164 g/mol. The minimum absolute atomic E-state index is 0. The summed E-state index contributed by atoms with van der Waals surface area (Å²) in [4.78, 5) is 15.4. The van der Waals surface area contributed by atoms with Crippen LogP contribution in [0.3, 0.4) is 0 Å². The van der Waals surface area contributed by atoms with E-state index in [9.17, 15) is 4.57 Å². The second-order valence-electron chi connectivity index (χ2n) is 0.665. The van der Waals surface area contributed by atoms with E-state index >= 15 is 0 Å². The van der Waals surface area contributed by atoms with E-state index < -0.39 is 5.93 Å². The zero-order valence-electron chi connectivity index (χ0n) is 2.96. The molecule has 0 aliphatic heterocycles. The fourth-order valence-electron chi connectivity index (χ4n) is 0. The predicted octanol–water partition coefficient (Wildman–Crippen LogP) is -1.20. The van der Waals surface area contributed by atoms with Crippen molar-refractivity contribution in [2.45, 2.75) is 0 Å². The van der Waals surface area contributed by atoms with E-state index in [4.69, 9.17) is 9.79 Å². The summed E-state index contributed by atoms with van der Waals surface area (Å²) in [6.45, 7) is 0. The molecule has 4 nitrogen and oxygen atoms in total. The van der Waals surface area contributed by atoms with Gasteiger partial charge in [-0.25, -0.2) is 0 Å². The van der Waals surface area contributed by atoms with Crippen LogP contribution < -0.4 is 0 Å². The van der Waals surface area contributed by atoms with E-state index in [1.807, 2.05) is 0 Å². The van der Waals surface area contributed by atoms with Crippen molar-refractivity contribution in [2.75, 3.05) is 0 Å². The number of hydrogen-bond acceptors (Lipinski definition) is 1. The summed E-state index contributed by atoms with van der Waals surface area (Å²) < 4.78 is 9.38. The van der Waals surface area contributed by atoms with Gasteiger partial charge in [0.1, 0.15) is 0 Å². The summed E-state index contributed by atoms with van der Waals surface area (Å²) in [5, 5.41) is 0. The number of rotatable bonds is 0. The van der Waals surface area contributed by atoms with Gasteiger partial charge in [-0.15, -0.1) is 0 Å². The molecule has 4 N–H and O–H groups in total. The number of hydrogen-bond donors (Lipinski definition) is 2. The van der Waals surface area contributed by atoms with Gasteiger partial charge in [-0.05, 0) is 0 Å². The Bertz CT molecular complexity index is 53.7. The first-order valence-electron chi connectivity index (χ1n) is 0.899. The molecule has 0 bridgehead atoms. The molecule has 6 heavy (non-hydrogen) atoms. The van der Waals surface area contributed by atoms with Crippen molar-refractivity contribution in [2.24, 2.45) is 0 Å². The first-order valence-corrected chi connectivity index (χ1v) is 6.68. The normalized spacial score (nSPS) is 10.0. The topological polar surface area (TPSA) is 89.0 Å². The SMILES string of the molecule is O.O=[P](O)(O)[Zn]. The van der Waals surface area contributed by atoms with Crippen molar-refractivity contribution < 1.29 is 37.6 Å². The quantitative estimate of drug-likeness (QED) is 0.348. The van der Waals surface area contributed by atoms with Gasteiger partial charge in [-0.2, -0.15) is 0 Å². The molecular weight excluding hydrogens is 160 g/mol. The Morgan fingerprint density at radius 2 is 1.50 bits per heavy atom. The summed E-state index contributed by atoms with van der Waals surface area (Å²) in [7, 11) is 0. The van der Waals surface area contributed by atoms with E-state index in [2.05, 4.69) is 0 Å². The third kappa shape index (κ3) is 123. The van der Waals surface area contributed by atoms with Gasteiger partial charge in [0.2, 0.25) is 0 Å². The molecular formula is H4O4PZn. The Morgan fingerprint density at radius 1 is 1.50 bits per heavy atom. The van der Waals surface area contributed by atoms with Gasteiger partial charge in [0, 0.05) is 0 Å². The average Bonchev–Trinajstić information content (AvgIpc) is 0.722. The van der Waals surface area contributed by atoms with Crippen molar-refractivity contribution in [1.29, 1.82) is 0 Å². The zero-order valence-corrected chi connectivity index (χ0v) is 6.82. The molecule has 35 valence electrons. The monoisotopic (exact) mass is 163 g/mol. The molecule has 0 amide bonds. The summed E-state index contributed by atoms with van der Waals surface area (Å²) in [6.07, 6.45) is 0. The summed E-state index contributed by atoms with van der Waals surface area (Å²) in [5.41, 5.74) is 0. The maximum atomic E-state index is 9.38. The molecule has 0 aromatic carbocycles. The van der Waals surface area contributed by atoms with Gasteiger partial charge in [0.25, 0.3) is 0 Å². The van der Waals surface area contributed by atoms with E-state index in [0.29, 0.717) is 0 Å². The summed E-state index contributed by atoms with van der Waals surface area (Å²) >= 11 is 0.0625. The van der Waals surface area contributed by atoms with Gasteiger partial charge < -0.3 is 5.48 Å². The van der Waals surface area contributed by atoms with E-state index in [0.717, 1.165) is 0 Å². The Hall–Kier alpha value is 0.733. The maximum absolute atomic E-state index is 9.38. The Balaban J connectivity index is 0. The molecule has 0 atom stereocenters. The van der Waals surface area contributed by atoms with Crippen molar-refractivity contribution in [3.05, 3.63) is 0 Å². The zero-order chi connectivity index (χ0) is 4.50. The van der Waals surface area contributed by atoms with Crippen molar-refractivity contribution in [1.82, 2.24) is 0 Å². The van der Waals surface area contributed by atoms with Crippen LogP contribution in [0.1, 0.15) is 0 Å². The van der Waals surface area contributed by atoms with Crippen LogP contribution in [0.4, 0.5) is 0 Å². The van der Waals surface area contributed by atoms with E-state index in [1.165, 1.54) is 0 Å². The first kappa shape index (κ1) is 9.88. The summed E-state index contributed by atoms with van der Waals surface area (Å²) in [6, 6.07) is 0. The van der Waals surface area contributed by atoms with Crippen LogP contribution in [0.5, 0.6) is 0 Å². The third-order valence-electron chi connectivity index (χ3n) is 0. The van der Waals surface area contributed by atoms with Crippen LogP contribution in [0, 0.1) is 0 Å². The molecule has 0 unspecified atom stereocenters. The third-order valence-corrected chi connectivity index (χ3v) is 0. The fraction of sp³-hybridized carbons (Fsp3) is 0. The molecule has 0 aliphatic carbocycles. The molecule has 0 fully saturated rings. The van der Waals surface area contributed by atoms with Crippen LogP contribution in [0.25, 0.3) is 0 Å². The van der Waals surface area contributed by atoms with E-state index in [-0.39, 0.29) is 23.3 Å². The molecule has 0 saturated heterocycles. The molecule has 0 aromatic rings. The van der Waals surface area contributed by atoms with Crippen molar-refractivity contribution in [3.63, 3.8) is 0 Å². The molecule has 0 aliphatic rings. The molecule has 0 spiro atoms. The minimum atomic E-state index is -3.51. The van der Waals surface area contributed by atoms with Crippen LogP contribution in [-0.4, -0.2) is 15.3 Å². The van der Waals surface area contributed by atoms with E-state index in [1.54, 1.807) is 0 Å². The van der Waals surface area contributed by atoms with Crippen LogP contribution in [0.15, 0.2) is 0 Å². The summed E-state index contributed by atoms with van der Waals surface area (Å²) in [5.74, 6) is -3.51. The van der Waals surface area contributed by atoms with Crippen molar-refractivity contribution >= 4 is 5.93 Å². The Morgan fingerprint density at radius 3 is 1.50 bits per heavy atom. The van der Waals surface area contributed by atoms with Gasteiger partial charge in [-0.3, -0.25) is 0 Å². The van der Waals surface area contributed by atoms with Crippen molar-refractivity contribution in [3.8, 4) is 0 Å². The molecule has 6 heteroatoms. The predicted molar refractivity (Wildman–Crippen MR) is 15.7 cm³/mol. The molecule has 0 rings (SSSR count). The molecule has 0 aromatic heterocycles. The van der Waals surface area contributed by atoms with Crippen LogP contribution in [-0.2, 0) is 22.4 Å². The van der Waals surface area contributed by atoms with Crippen LogP contribution >= 0.6 is 5.93 Å². The Kier molecular flexibility index (Phi) is 4.66. The van der Waals surface area contributed by atoms with Gasteiger partial charge >= 0.3 is 38.1 Å². The molecule has 0 heterocycles. The Labute approximate surface area is 44.2 Å².